The maximum atomic E-state index is 2.76. The third-order valence-corrected chi connectivity index (χ3v) is 9.51. The third kappa shape index (κ3) is 2.49. The smallest absolute Gasteiger partial charge is 0.0798 e. The Morgan fingerprint density at radius 3 is 2.29 bits per heavy atom. The Balaban J connectivity index is 1.96. The van der Waals surface area contributed by atoms with Crippen molar-refractivity contribution in [1.29, 1.82) is 0 Å². The molecule has 1 aromatic rings. The highest BCUT2D eigenvalue weighted by Crippen LogP contribution is 2.61. The summed E-state index contributed by atoms with van der Waals surface area (Å²) in [5, 5.41) is 1.66. The molecule has 1 aliphatic carbocycles. The molecular formula is C26H37NSi. The van der Waals surface area contributed by atoms with E-state index in [1.165, 1.54) is 12.0 Å². The minimum Gasteiger partial charge on any atom is -0.357 e. The van der Waals surface area contributed by atoms with Crippen molar-refractivity contribution in [2.75, 3.05) is 0 Å². The van der Waals surface area contributed by atoms with Gasteiger partial charge in [0.05, 0.1) is 19.7 Å². The molecule has 3 aliphatic rings. The van der Waals surface area contributed by atoms with E-state index < -0.39 is 8.07 Å². The Kier molecular flexibility index (Phi) is 4.58. The predicted octanol–water partition coefficient (Wildman–Crippen LogP) is 7.16. The lowest BCUT2D eigenvalue weighted by Gasteiger charge is -2.65. The molecule has 0 radical (unpaired) electrons. The van der Waals surface area contributed by atoms with Crippen molar-refractivity contribution in [3.63, 3.8) is 0 Å². The molecule has 28 heavy (non-hydrogen) atoms. The van der Waals surface area contributed by atoms with Gasteiger partial charge in [-0.1, -0.05) is 89.8 Å². The van der Waals surface area contributed by atoms with E-state index in [0.717, 1.165) is 12.8 Å². The fourth-order valence-electron chi connectivity index (χ4n) is 6.07. The van der Waals surface area contributed by atoms with E-state index in [1.54, 1.807) is 16.3 Å². The summed E-state index contributed by atoms with van der Waals surface area (Å²) >= 11 is 0. The fourth-order valence-corrected chi connectivity index (χ4v) is 7.74. The standard InChI is InChI=1S/C26H37NSi/c1-8-25-14-15-26(25,9-2)27-18-24(28(5,6)7)20(16-19(3)4)17-23(27)21-12-10-11-13-22(21)25/h10-15,17-19,23H,8-9,16H2,1-7H3/t23?,25-,26?/m0/s1. The van der Waals surface area contributed by atoms with Crippen molar-refractivity contribution in [1.82, 2.24) is 4.90 Å². The normalized spacial score (nSPS) is 30.9. The van der Waals surface area contributed by atoms with Gasteiger partial charge in [0.2, 0.25) is 0 Å². The molecule has 1 aromatic carbocycles. The van der Waals surface area contributed by atoms with Gasteiger partial charge in [0.15, 0.2) is 0 Å². The Labute approximate surface area is 173 Å². The van der Waals surface area contributed by atoms with Crippen LogP contribution in [0.5, 0.6) is 0 Å². The summed E-state index contributed by atoms with van der Waals surface area (Å²) in [4.78, 5) is 2.76. The summed E-state index contributed by atoms with van der Waals surface area (Å²) in [7, 11) is -1.43. The number of rotatable bonds is 5. The molecule has 2 heterocycles. The SMILES string of the molecule is CCC12C=C[C@@]1(CC)c1ccccc1C1C=C(CC(C)C)C([Si](C)(C)C)=CN12. The average molecular weight is 392 g/mol. The van der Waals surface area contributed by atoms with Crippen LogP contribution in [-0.2, 0) is 5.41 Å². The van der Waals surface area contributed by atoms with Crippen LogP contribution in [0.3, 0.4) is 0 Å². The van der Waals surface area contributed by atoms with Gasteiger partial charge in [0.25, 0.3) is 0 Å². The Morgan fingerprint density at radius 1 is 1.04 bits per heavy atom. The third-order valence-electron chi connectivity index (χ3n) is 7.44. The average Bonchev–Trinajstić information content (AvgIpc) is 2.61. The number of benzene rings is 1. The van der Waals surface area contributed by atoms with Gasteiger partial charge in [-0.05, 0) is 47.1 Å². The van der Waals surface area contributed by atoms with E-state index in [4.69, 9.17) is 0 Å². The van der Waals surface area contributed by atoms with E-state index in [2.05, 4.69) is 101 Å². The van der Waals surface area contributed by atoms with E-state index >= 15 is 0 Å². The van der Waals surface area contributed by atoms with Gasteiger partial charge in [-0.15, -0.1) is 0 Å². The molecule has 0 N–H and O–H groups in total. The molecule has 0 bridgehead atoms. The molecule has 0 aromatic heterocycles. The molecule has 3 atom stereocenters. The second-order valence-corrected chi connectivity index (χ2v) is 15.5. The van der Waals surface area contributed by atoms with E-state index in [1.807, 2.05) is 0 Å². The van der Waals surface area contributed by atoms with Crippen LogP contribution < -0.4 is 0 Å². The van der Waals surface area contributed by atoms with Crippen LogP contribution in [-0.4, -0.2) is 18.5 Å². The zero-order valence-corrected chi connectivity index (χ0v) is 19.8. The summed E-state index contributed by atoms with van der Waals surface area (Å²) in [5.41, 5.74) is 4.96. The van der Waals surface area contributed by atoms with Gasteiger partial charge in [0, 0.05) is 11.6 Å². The molecule has 0 fully saturated rings. The van der Waals surface area contributed by atoms with Crippen molar-refractivity contribution >= 4 is 8.07 Å². The van der Waals surface area contributed by atoms with Crippen molar-refractivity contribution in [2.24, 2.45) is 5.92 Å². The first-order valence-electron chi connectivity index (χ1n) is 11.2. The van der Waals surface area contributed by atoms with Gasteiger partial charge in [-0.2, -0.15) is 0 Å². The number of nitrogens with zero attached hydrogens (tertiary/aromatic N) is 1. The van der Waals surface area contributed by atoms with Crippen molar-refractivity contribution in [2.45, 2.75) is 83.6 Å². The van der Waals surface area contributed by atoms with Crippen LogP contribution in [0, 0.1) is 5.92 Å². The van der Waals surface area contributed by atoms with Crippen LogP contribution in [0.25, 0.3) is 0 Å². The summed E-state index contributed by atoms with van der Waals surface area (Å²) in [6.07, 6.45) is 13.8. The second-order valence-electron chi connectivity index (χ2n) is 10.5. The number of allylic oxidation sites excluding steroid dienone is 2. The molecule has 4 rings (SSSR count). The lowest BCUT2D eigenvalue weighted by molar-refractivity contribution is 0.0428. The summed E-state index contributed by atoms with van der Waals surface area (Å²) in [6, 6.07) is 9.62. The monoisotopic (exact) mass is 391 g/mol. The van der Waals surface area contributed by atoms with Crippen LogP contribution in [0.2, 0.25) is 19.6 Å². The van der Waals surface area contributed by atoms with Gasteiger partial charge >= 0.3 is 0 Å². The minimum absolute atomic E-state index is 0.117. The molecule has 2 heteroatoms. The minimum atomic E-state index is -1.43. The molecule has 150 valence electrons. The largest absolute Gasteiger partial charge is 0.357 e. The van der Waals surface area contributed by atoms with Crippen molar-refractivity contribution in [3.8, 4) is 0 Å². The summed E-state index contributed by atoms with van der Waals surface area (Å²) in [5.74, 6) is 0.690. The van der Waals surface area contributed by atoms with Crippen LogP contribution in [0.1, 0.15) is 64.1 Å². The zero-order chi connectivity index (χ0) is 20.3. The lowest BCUT2D eigenvalue weighted by Crippen LogP contribution is -2.67. The molecule has 0 saturated carbocycles. The molecule has 0 spiro atoms. The number of hydrogen-bond acceptors (Lipinski definition) is 1. The van der Waals surface area contributed by atoms with E-state index in [-0.39, 0.29) is 11.0 Å². The van der Waals surface area contributed by atoms with Gasteiger partial charge in [-0.25, -0.2) is 0 Å². The molecule has 0 amide bonds. The maximum absolute atomic E-state index is 2.76. The second kappa shape index (κ2) is 6.48. The van der Waals surface area contributed by atoms with Gasteiger partial charge in [-0.3, -0.25) is 0 Å². The van der Waals surface area contributed by atoms with Crippen LogP contribution in [0.4, 0.5) is 0 Å². The van der Waals surface area contributed by atoms with Crippen LogP contribution >= 0.6 is 0 Å². The lowest BCUT2D eigenvalue weighted by atomic mass is 9.51. The quantitative estimate of drug-likeness (QED) is 0.380. The van der Waals surface area contributed by atoms with Crippen LogP contribution in [0.15, 0.2) is 59.5 Å². The van der Waals surface area contributed by atoms with Gasteiger partial charge < -0.3 is 4.90 Å². The van der Waals surface area contributed by atoms with Crippen molar-refractivity contribution in [3.05, 3.63) is 70.6 Å². The topological polar surface area (TPSA) is 3.24 Å². The Bertz CT molecular complexity index is 869. The first kappa shape index (κ1) is 19.8. The molecule has 1 nitrogen and oxygen atoms in total. The molecule has 2 unspecified atom stereocenters. The first-order valence-corrected chi connectivity index (χ1v) is 14.7. The van der Waals surface area contributed by atoms with E-state index in [0.29, 0.717) is 12.0 Å². The first-order chi connectivity index (χ1) is 13.2. The zero-order valence-electron chi connectivity index (χ0n) is 18.8. The molecule has 2 aliphatic heterocycles. The fraction of sp³-hybridized carbons (Fsp3) is 0.538. The highest BCUT2D eigenvalue weighted by atomic mass is 28.3. The van der Waals surface area contributed by atoms with Crippen molar-refractivity contribution < 1.29 is 0 Å². The Hall–Kier alpha value is -1.54. The maximum Gasteiger partial charge on any atom is 0.0798 e. The number of hydrogen-bond donors (Lipinski definition) is 0. The van der Waals surface area contributed by atoms with E-state index in [9.17, 15) is 0 Å². The highest BCUT2D eigenvalue weighted by Gasteiger charge is 2.61. The molecular weight excluding hydrogens is 354 g/mol. The van der Waals surface area contributed by atoms with Gasteiger partial charge in [0.1, 0.15) is 0 Å². The summed E-state index contributed by atoms with van der Waals surface area (Å²) in [6.45, 7) is 17.0. The predicted molar refractivity (Wildman–Crippen MR) is 124 cm³/mol. The number of fused-ring (bicyclic) bond motifs is 6. The highest BCUT2D eigenvalue weighted by molar-refractivity contribution is 6.84. The Morgan fingerprint density at radius 2 is 1.75 bits per heavy atom. The summed E-state index contributed by atoms with van der Waals surface area (Å²) < 4.78 is 0. The molecule has 0 saturated heterocycles.